The van der Waals surface area contributed by atoms with Crippen LogP contribution in [0.1, 0.15) is 47.0 Å². The van der Waals surface area contributed by atoms with Crippen LogP contribution in [-0.4, -0.2) is 17.6 Å². The Morgan fingerprint density at radius 3 is 2.78 bits per heavy atom. The fourth-order valence-electron chi connectivity index (χ4n) is 1.89. The Morgan fingerprint density at radius 2 is 2.11 bits per heavy atom. The molecule has 0 spiro atoms. The molecule has 1 rings (SSSR count). The van der Waals surface area contributed by atoms with Gasteiger partial charge in [-0.2, -0.15) is 0 Å². The normalized spacial score (nSPS) is 14.0. The average molecular weight is 250 g/mol. The first-order valence-corrected chi connectivity index (χ1v) is 7.01. The molecule has 0 saturated heterocycles. The van der Waals surface area contributed by atoms with Crippen molar-refractivity contribution in [2.24, 2.45) is 5.92 Å². The summed E-state index contributed by atoms with van der Waals surface area (Å²) in [7, 11) is 0. The lowest BCUT2D eigenvalue weighted by Crippen LogP contribution is -2.19. The second-order valence-corrected chi connectivity index (χ2v) is 4.99. The molecule has 18 heavy (non-hydrogen) atoms. The standard InChI is InChI=1S/C15H26N2O/c1-5-10-18-14-8-7-9-16-15(14)17-13(4)11-12(3)6-2/h7-9,12-13H,5-6,10-11H2,1-4H3,(H,16,17). The van der Waals surface area contributed by atoms with Gasteiger partial charge < -0.3 is 10.1 Å². The largest absolute Gasteiger partial charge is 0.490 e. The van der Waals surface area contributed by atoms with Crippen molar-refractivity contribution in [3.05, 3.63) is 18.3 Å². The van der Waals surface area contributed by atoms with Crippen LogP contribution in [0, 0.1) is 5.92 Å². The van der Waals surface area contributed by atoms with Crippen molar-refractivity contribution in [2.75, 3.05) is 11.9 Å². The van der Waals surface area contributed by atoms with Gasteiger partial charge in [0.05, 0.1) is 6.61 Å². The number of pyridine rings is 1. The molecule has 1 aromatic rings. The maximum atomic E-state index is 5.69. The number of hydrogen-bond acceptors (Lipinski definition) is 3. The lowest BCUT2D eigenvalue weighted by atomic mass is 10.0. The molecule has 1 heterocycles. The van der Waals surface area contributed by atoms with Crippen LogP contribution in [0.25, 0.3) is 0 Å². The zero-order valence-corrected chi connectivity index (χ0v) is 12.1. The molecular weight excluding hydrogens is 224 g/mol. The van der Waals surface area contributed by atoms with Crippen LogP contribution >= 0.6 is 0 Å². The zero-order valence-electron chi connectivity index (χ0n) is 12.1. The van der Waals surface area contributed by atoms with Gasteiger partial charge in [-0.05, 0) is 37.8 Å². The van der Waals surface area contributed by atoms with E-state index < -0.39 is 0 Å². The Labute approximate surface area is 111 Å². The quantitative estimate of drug-likeness (QED) is 0.754. The molecule has 0 aliphatic heterocycles. The van der Waals surface area contributed by atoms with Gasteiger partial charge in [0.2, 0.25) is 0 Å². The van der Waals surface area contributed by atoms with E-state index in [9.17, 15) is 0 Å². The van der Waals surface area contributed by atoms with Crippen LogP contribution in [-0.2, 0) is 0 Å². The molecule has 0 aliphatic carbocycles. The smallest absolute Gasteiger partial charge is 0.168 e. The summed E-state index contributed by atoms with van der Waals surface area (Å²) in [6, 6.07) is 4.30. The number of ether oxygens (including phenoxy) is 1. The van der Waals surface area contributed by atoms with Crippen molar-refractivity contribution < 1.29 is 4.74 Å². The molecule has 1 aromatic heterocycles. The minimum absolute atomic E-state index is 0.416. The van der Waals surface area contributed by atoms with Crippen molar-refractivity contribution in [1.29, 1.82) is 0 Å². The summed E-state index contributed by atoms with van der Waals surface area (Å²) in [5.41, 5.74) is 0. The number of anilines is 1. The van der Waals surface area contributed by atoms with E-state index in [1.807, 2.05) is 12.1 Å². The Balaban J connectivity index is 2.59. The third-order valence-electron chi connectivity index (χ3n) is 3.07. The van der Waals surface area contributed by atoms with E-state index in [-0.39, 0.29) is 0 Å². The van der Waals surface area contributed by atoms with E-state index in [0.29, 0.717) is 6.04 Å². The van der Waals surface area contributed by atoms with E-state index in [1.165, 1.54) is 6.42 Å². The van der Waals surface area contributed by atoms with Crippen LogP contribution in [0.3, 0.4) is 0 Å². The highest BCUT2D eigenvalue weighted by Crippen LogP contribution is 2.23. The maximum absolute atomic E-state index is 5.69. The molecule has 0 aromatic carbocycles. The summed E-state index contributed by atoms with van der Waals surface area (Å²) >= 11 is 0. The molecule has 3 nitrogen and oxygen atoms in total. The molecule has 0 bridgehead atoms. The second kappa shape index (κ2) is 7.96. The van der Waals surface area contributed by atoms with Crippen LogP contribution < -0.4 is 10.1 Å². The van der Waals surface area contributed by atoms with Gasteiger partial charge in [0.1, 0.15) is 0 Å². The Bertz CT molecular complexity index is 341. The van der Waals surface area contributed by atoms with Crippen molar-refractivity contribution in [3.63, 3.8) is 0 Å². The molecule has 102 valence electrons. The second-order valence-electron chi connectivity index (χ2n) is 4.99. The minimum Gasteiger partial charge on any atom is -0.490 e. The lowest BCUT2D eigenvalue weighted by molar-refractivity contribution is 0.317. The Kier molecular flexibility index (Phi) is 6.55. The van der Waals surface area contributed by atoms with Crippen LogP contribution in [0.5, 0.6) is 5.75 Å². The van der Waals surface area contributed by atoms with Gasteiger partial charge in [-0.25, -0.2) is 4.98 Å². The first-order valence-electron chi connectivity index (χ1n) is 7.01. The first kappa shape index (κ1) is 14.8. The third-order valence-corrected chi connectivity index (χ3v) is 3.07. The summed E-state index contributed by atoms with van der Waals surface area (Å²) in [6.45, 7) is 9.55. The molecule has 1 N–H and O–H groups in total. The summed E-state index contributed by atoms with van der Waals surface area (Å²) in [6.07, 6.45) is 5.18. The highest BCUT2D eigenvalue weighted by molar-refractivity contribution is 5.49. The molecule has 0 radical (unpaired) electrons. The van der Waals surface area contributed by atoms with Gasteiger partial charge >= 0.3 is 0 Å². The highest BCUT2D eigenvalue weighted by Gasteiger charge is 2.10. The number of rotatable bonds is 8. The van der Waals surface area contributed by atoms with Gasteiger partial charge in [-0.15, -0.1) is 0 Å². The fourth-order valence-corrected chi connectivity index (χ4v) is 1.89. The zero-order chi connectivity index (χ0) is 13.4. The van der Waals surface area contributed by atoms with Gasteiger partial charge in [-0.1, -0.05) is 27.2 Å². The minimum atomic E-state index is 0.416. The third kappa shape index (κ3) is 4.94. The number of aromatic nitrogens is 1. The van der Waals surface area contributed by atoms with Gasteiger partial charge in [0, 0.05) is 12.2 Å². The number of nitrogens with one attached hydrogen (secondary N) is 1. The predicted octanol–water partition coefficient (Wildman–Crippen LogP) is 4.11. The van der Waals surface area contributed by atoms with Crippen molar-refractivity contribution in [2.45, 2.75) is 53.0 Å². The van der Waals surface area contributed by atoms with Crippen molar-refractivity contribution in [3.8, 4) is 5.75 Å². The molecule has 0 amide bonds. The van der Waals surface area contributed by atoms with E-state index in [1.54, 1.807) is 6.20 Å². The Hall–Kier alpha value is -1.25. The monoisotopic (exact) mass is 250 g/mol. The topological polar surface area (TPSA) is 34.1 Å². The molecule has 0 fully saturated rings. The number of nitrogens with zero attached hydrogens (tertiary/aromatic N) is 1. The molecule has 3 heteroatoms. The van der Waals surface area contributed by atoms with Crippen LogP contribution in [0.15, 0.2) is 18.3 Å². The average Bonchev–Trinajstić information content (AvgIpc) is 2.37. The molecular formula is C15H26N2O. The lowest BCUT2D eigenvalue weighted by Gasteiger charge is -2.19. The summed E-state index contributed by atoms with van der Waals surface area (Å²) < 4.78 is 5.69. The SMILES string of the molecule is CCCOc1cccnc1NC(C)CC(C)CC. The molecule has 2 atom stereocenters. The highest BCUT2D eigenvalue weighted by atomic mass is 16.5. The van der Waals surface area contributed by atoms with Crippen LogP contribution in [0.4, 0.5) is 5.82 Å². The van der Waals surface area contributed by atoms with Crippen molar-refractivity contribution in [1.82, 2.24) is 4.98 Å². The van der Waals surface area contributed by atoms with Gasteiger partial charge in [0.15, 0.2) is 11.6 Å². The van der Waals surface area contributed by atoms with E-state index in [4.69, 9.17) is 4.74 Å². The van der Waals surface area contributed by atoms with E-state index in [0.717, 1.165) is 36.9 Å². The first-order chi connectivity index (χ1) is 8.67. The summed E-state index contributed by atoms with van der Waals surface area (Å²) in [5.74, 6) is 2.45. The fraction of sp³-hybridized carbons (Fsp3) is 0.667. The van der Waals surface area contributed by atoms with Crippen molar-refractivity contribution >= 4 is 5.82 Å². The maximum Gasteiger partial charge on any atom is 0.168 e. The molecule has 0 aliphatic rings. The molecule has 2 unspecified atom stereocenters. The van der Waals surface area contributed by atoms with Crippen LogP contribution in [0.2, 0.25) is 0 Å². The number of hydrogen-bond donors (Lipinski definition) is 1. The van der Waals surface area contributed by atoms with E-state index >= 15 is 0 Å². The Morgan fingerprint density at radius 1 is 1.33 bits per heavy atom. The predicted molar refractivity (Wildman–Crippen MR) is 77.2 cm³/mol. The molecule has 0 saturated carbocycles. The summed E-state index contributed by atoms with van der Waals surface area (Å²) in [4.78, 5) is 4.37. The van der Waals surface area contributed by atoms with E-state index in [2.05, 4.69) is 38.0 Å². The summed E-state index contributed by atoms with van der Waals surface area (Å²) in [5, 5.41) is 3.45. The van der Waals surface area contributed by atoms with Gasteiger partial charge in [0.25, 0.3) is 0 Å². The van der Waals surface area contributed by atoms with Gasteiger partial charge in [-0.3, -0.25) is 0 Å².